The van der Waals surface area contributed by atoms with Crippen LogP contribution < -0.4 is 15.6 Å². The number of aromatic nitrogens is 3. The third-order valence-corrected chi connectivity index (χ3v) is 17.4. The second-order valence-electron chi connectivity index (χ2n) is 24.0. The van der Waals surface area contributed by atoms with Crippen LogP contribution in [0.5, 0.6) is 0 Å². The zero-order valence-corrected chi connectivity index (χ0v) is 48.2. The van der Waals surface area contributed by atoms with Gasteiger partial charge in [-0.2, -0.15) is 0 Å². The van der Waals surface area contributed by atoms with Crippen molar-refractivity contribution in [3.05, 3.63) is 77.8 Å². The lowest BCUT2D eigenvalue weighted by Crippen LogP contribution is -2.62. The van der Waals surface area contributed by atoms with Crippen LogP contribution in [0.3, 0.4) is 0 Å². The number of fused-ring (bicyclic) bond motifs is 6. The highest BCUT2D eigenvalue weighted by Gasteiger charge is 2.44. The first-order valence-corrected chi connectivity index (χ1v) is 28.5. The molecule has 0 unspecified atom stereocenters. The number of halogens is 2. The van der Waals surface area contributed by atoms with Crippen molar-refractivity contribution in [3.8, 4) is 22.5 Å². The Kier molecular flexibility index (Phi) is 17.4. The zero-order chi connectivity index (χ0) is 57.4. The molecule has 1 spiro atoms. The van der Waals surface area contributed by atoms with Crippen molar-refractivity contribution < 1.29 is 42.2 Å². The molecule has 4 saturated heterocycles. The number of carbonyl (C=O) groups is 5. The Morgan fingerprint density at radius 3 is 2.36 bits per heavy atom. The number of cyclic esters (lactones) is 1. The number of nitrogens with zero attached hydrogens (tertiary/aromatic N) is 9. The molecular weight excluding hydrogens is 1020 g/mol. The highest BCUT2D eigenvalue weighted by atomic mass is 19.3. The first-order chi connectivity index (χ1) is 38.1. The molecule has 2 N–H and O–H groups in total. The average Bonchev–Trinajstić information content (AvgIpc) is 4.11. The largest absolute Gasteiger partial charge is 0.464 e. The number of carbonyl (C=O) groups excluding carboxylic acids is 5. The quantitative estimate of drug-likeness (QED) is 0.113. The van der Waals surface area contributed by atoms with Gasteiger partial charge >= 0.3 is 12.0 Å². The molecule has 8 heterocycles. The van der Waals surface area contributed by atoms with Gasteiger partial charge in [-0.05, 0) is 113 Å². The van der Waals surface area contributed by atoms with Crippen molar-refractivity contribution in [2.45, 2.75) is 124 Å². The molecular formula is C60H81F2N11O7. The first-order valence-electron chi connectivity index (χ1n) is 28.5. The summed E-state index contributed by atoms with van der Waals surface area (Å²) in [6.07, 6.45) is 3.17. The van der Waals surface area contributed by atoms with Gasteiger partial charge in [0.05, 0.1) is 41.7 Å². The fourth-order valence-corrected chi connectivity index (χ4v) is 12.7. The Labute approximate surface area is 469 Å². The standard InChI is InChI=1S/C60H81F2N11O7/c1-11-50(74)71-23-19-60(35-71)17-21-70(22-18-60)58(78)68(9)52(37(3)4)55(75)65-48-31-41-28-40(54(61)62)30-47(64-41)39-15-16-49-43(29-39)45(33-59(6,7)36-80-57(77)46-14-13-20-73(66-46)56(48)76)53(72(49)12-2)44-32-42(34-63-51(44)38(5)79-10)69-26-24-67(8)25-27-69/h11,15-16,28-30,32,34,37-38,46,48,52,54,66H,1,12-14,17-27,31,33,35-36H2,2-10H3,(H,65,75)/t38-,46-,48-,52-/m0/s1. The number of hydrazine groups is 1. The molecule has 18 nitrogen and oxygen atoms in total. The lowest BCUT2D eigenvalue weighted by atomic mass is 9.78. The number of methoxy groups -OCH3 is 1. The van der Waals surface area contributed by atoms with Gasteiger partial charge in [-0.1, -0.05) is 40.3 Å². The number of ether oxygens (including phenoxy) is 2. The normalized spacial score (nSPS) is 21.7. The molecule has 5 amide bonds. The Bertz CT molecular complexity index is 2980. The molecule has 0 radical (unpaired) electrons. The summed E-state index contributed by atoms with van der Waals surface area (Å²) in [5, 5.41) is 5.13. The van der Waals surface area contributed by atoms with Crippen LogP contribution in [0, 0.1) is 16.7 Å². The van der Waals surface area contributed by atoms with Gasteiger partial charge in [-0.25, -0.2) is 19.0 Å². The fraction of sp³-hybridized carbons (Fsp3) is 0.583. The second kappa shape index (κ2) is 23.9. The van der Waals surface area contributed by atoms with E-state index >= 15 is 8.78 Å². The minimum atomic E-state index is -2.90. The van der Waals surface area contributed by atoms with Crippen LogP contribution in [-0.2, 0) is 48.0 Å². The molecule has 6 bridgehead atoms. The van der Waals surface area contributed by atoms with E-state index in [0.717, 1.165) is 71.7 Å². The van der Waals surface area contributed by atoms with Crippen molar-refractivity contribution >= 4 is 46.3 Å². The number of urea groups is 1. The molecule has 4 atom stereocenters. The Balaban J connectivity index is 1.10. The molecule has 3 aromatic heterocycles. The number of anilines is 1. The smallest absolute Gasteiger partial charge is 0.324 e. The molecule has 5 aliphatic heterocycles. The minimum Gasteiger partial charge on any atom is -0.464 e. The summed E-state index contributed by atoms with van der Waals surface area (Å²) in [6, 6.07) is 7.06. The lowest BCUT2D eigenvalue weighted by molar-refractivity contribution is -0.155. The van der Waals surface area contributed by atoms with E-state index in [2.05, 4.69) is 51.7 Å². The minimum absolute atomic E-state index is 0.0350. The number of hydrogen-bond donors (Lipinski definition) is 2. The number of likely N-dealkylation sites (tertiary alicyclic amines) is 2. The molecule has 4 fully saturated rings. The predicted molar refractivity (Wildman–Crippen MR) is 303 cm³/mol. The van der Waals surface area contributed by atoms with E-state index in [9.17, 15) is 24.0 Å². The van der Waals surface area contributed by atoms with Crippen LogP contribution >= 0.6 is 0 Å². The summed E-state index contributed by atoms with van der Waals surface area (Å²) in [5.74, 6) is -2.27. The first kappa shape index (κ1) is 58.2. The highest BCUT2D eigenvalue weighted by Crippen LogP contribution is 2.44. The maximum absolute atomic E-state index is 15.2. The Hall–Kier alpha value is -6.51. The number of amides is 5. The van der Waals surface area contributed by atoms with Crippen LogP contribution in [0.4, 0.5) is 19.3 Å². The molecule has 0 aliphatic carbocycles. The SMILES string of the molecule is C=CC(=O)N1CCC2(CCN(C(=O)N(C)[C@H](C(=O)N[C@H]3Cc4cc(C(F)F)cc(n4)-c4ccc5c(c4)c(c(-c4cc(N6CCN(C)CC6)cnc4[C@H](C)OC)n5CC)CC(C)(C)COC(=O)[C@@H]4CCCN(N4)C3=O)C(C)C)CC2)C1. The Morgan fingerprint density at radius 1 is 0.988 bits per heavy atom. The molecule has 5 aliphatic rings. The van der Waals surface area contributed by atoms with E-state index in [0.29, 0.717) is 70.4 Å². The molecule has 80 heavy (non-hydrogen) atoms. The number of rotatable bonds is 11. The second-order valence-corrected chi connectivity index (χ2v) is 24.0. The van der Waals surface area contributed by atoms with Gasteiger partial charge in [0.1, 0.15) is 18.1 Å². The van der Waals surface area contributed by atoms with Crippen LogP contribution in [0.15, 0.2) is 55.3 Å². The number of aryl methyl sites for hydroxylation is 1. The van der Waals surface area contributed by atoms with Gasteiger partial charge < -0.3 is 43.9 Å². The molecule has 0 saturated carbocycles. The topological polar surface area (TPSA) is 178 Å². The van der Waals surface area contributed by atoms with E-state index in [-0.39, 0.29) is 60.0 Å². The van der Waals surface area contributed by atoms with Gasteiger partial charge in [-0.15, -0.1) is 0 Å². The number of benzene rings is 1. The molecule has 1 aromatic carbocycles. The van der Waals surface area contributed by atoms with E-state index in [1.54, 1.807) is 24.0 Å². The van der Waals surface area contributed by atoms with Gasteiger partial charge in [0.25, 0.3) is 12.3 Å². The molecule has 4 aromatic rings. The highest BCUT2D eigenvalue weighted by molar-refractivity contribution is 5.96. The lowest BCUT2D eigenvalue weighted by Gasteiger charge is -2.42. The summed E-state index contributed by atoms with van der Waals surface area (Å²) in [5.41, 5.74) is 8.46. The number of alkyl halides is 2. The van der Waals surface area contributed by atoms with E-state index in [1.165, 1.54) is 28.1 Å². The van der Waals surface area contributed by atoms with Gasteiger partial charge in [0.2, 0.25) is 11.8 Å². The van der Waals surface area contributed by atoms with Crippen molar-refractivity contribution in [3.63, 3.8) is 0 Å². The van der Waals surface area contributed by atoms with Crippen molar-refractivity contribution in [1.29, 1.82) is 0 Å². The van der Waals surface area contributed by atoms with E-state index in [1.807, 2.05) is 59.0 Å². The third kappa shape index (κ3) is 12.1. The number of piperazine rings is 1. The third-order valence-electron chi connectivity index (χ3n) is 17.4. The van der Waals surface area contributed by atoms with Crippen molar-refractivity contribution in [1.82, 2.24) is 49.9 Å². The van der Waals surface area contributed by atoms with E-state index < -0.39 is 53.7 Å². The Morgan fingerprint density at radius 2 is 1.70 bits per heavy atom. The number of piperidine rings is 1. The number of esters is 1. The maximum atomic E-state index is 15.2. The summed E-state index contributed by atoms with van der Waals surface area (Å²) in [7, 11) is 5.37. The summed E-state index contributed by atoms with van der Waals surface area (Å²) >= 11 is 0. The summed E-state index contributed by atoms with van der Waals surface area (Å²) in [6.45, 7) is 21.9. The number of likely N-dealkylation sites (N-methyl/N-ethyl adjacent to an activating group) is 2. The molecule has 20 heteroatoms. The molecule has 432 valence electrons. The number of nitrogens with one attached hydrogen (secondary N) is 2. The number of pyridine rings is 2. The van der Waals surface area contributed by atoms with Gasteiger partial charge in [0.15, 0.2) is 0 Å². The number of hydrogen-bond acceptors (Lipinski definition) is 12. The average molecular weight is 1110 g/mol. The molecule has 9 rings (SSSR count). The van der Waals surface area contributed by atoms with Crippen LogP contribution in [0.25, 0.3) is 33.4 Å². The summed E-state index contributed by atoms with van der Waals surface area (Å²) < 4.78 is 44.9. The van der Waals surface area contributed by atoms with Gasteiger partial charge in [-0.3, -0.25) is 34.2 Å². The monoisotopic (exact) mass is 1110 g/mol. The van der Waals surface area contributed by atoms with Crippen LogP contribution in [-0.4, -0.2) is 174 Å². The van der Waals surface area contributed by atoms with E-state index in [4.69, 9.17) is 19.4 Å². The van der Waals surface area contributed by atoms with Crippen LogP contribution in [0.2, 0.25) is 0 Å². The van der Waals surface area contributed by atoms with Crippen molar-refractivity contribution in [2.75, 3.05) is 91.6 Å². The van der Waals surface area contributed by atoms with Crippen molar-refractivity contribution in [2.24, 2.45) is 16.7 Å². The fourth-order valence-electron chi connectivity index (χ4n) is 12.7. The maximum Gasteiger partial charge on any atom is 0.324 e. The van der Waals surface area contributed by atoms with Crippen LogP contribution in [0.1, 0.15) is 109 Å². The van der Waals surface area contributed by atoms with Gasteiger partial charge in [0, 0.05) is 125 Å². The predicted octanol–water partition coefficient (Wildman–Crippen LogP) is 7.41. The zero-order valence-electron chi connectivity index (χ0n) is 48.2. The summed E-state index contributed by atoms with van der Waals surface area (Å²) in [4.78, 5) is 90.5.